The van der Waals surface area contributed by atoms with Crippen LogP contribution in [0.5, 0.6) is 0 Å². The van der Waals surface area contributed by atoms with Crippen LogP contribution in [0.2, 0.25) is 5.02 Å². The molecule has 122 valence electrons. The third-order valence-electron chi connectivity index (χ3n) is 3.56. The number of fused-ring (bicyclic) bond motifs is 1. The van der Waals surface area contributed by atoms with Gasteiger partial charge in [-0.2, -0.15) is 5.10 Å². The average Bonchev–Trinajstić information content (AvgIpc) is 2.88. The van der Waals surface area contributed by atoms with Gasteiger partial charge in [-0.15, -0.1) is 11.3 Å². The van der Waals surface area contributed by atoms with Gasteiger partial charge >= 0.3 is 0 Å². The van der Waals surface area contributed by atoms with Crippen molar-refractivity contribution in [2.45, 2.75) is 13.8 Å². The summed E-state index contributed by atoms with van der Waals surface area (Å²) in [6, 6.07) is 13.7. The van der Waals surface area contributed by atoms with Crippen LogP contribution in [0.25, 0.3) is 10.1 Å². The van der Waals surface area contributed by atoms with Crippen LogP contribution in [0.4, 0.5) is 0 Å². The highest BCUT2D eigenvalue weighted by atomic mass is 79.9. The van der Waals surface area contributed by atoms with E-state index in [1.165, 1.54) is 11.3 Å². The number of nitrogens with zero attached hydrogens (tertiary/aromatic N) is 1. The van der Waals surface area contributed by atoms with E-state index >= 15 is 0 Å². The molecule has 1 amide bonds. The molecule has 2 aromatic carbocycles. The Morgan fingerprint density at radius 3 is 2.79 bits per heavy atom. The molecular formula is C18H14BrClN2OS. The molecule has 3 aromatic rings. The maximum atomic E-state index is 12.4. The lowest BCUT2D eigenvalue weighted by Crippen LogP contribution is -2.18. The number of rotatable bonds is 3. The zero-order chi connectivity index (χ0) is 17.3. The molecule has 0 saturated heterocycles. The molecular weight excluding hydrogens is 408 g/mol. The van der Waals surface area contributed by atoms with E-state index in [1.54, 1.807) is 0 Å². The van der Waals surface area contributed by atoms with Crippen LogP contribution in [0.15, 0.2) is 52.0 Å². The highest BCUT2D eigenvalue weighted by Gasteiger charge is 2.17. The van der Waals surface area contributed by atoms with Gasteiger partial charge in [0.25, 0.3) is 5.91 Å². The van der Waals surface area contributed by atoms with Crippen LogP contribution in [-0.4, -0.2) is 11.6 Å². The topological polar surface area (TPSA) is 41.5 Å². The smallest absolute Gasteiger partial charge is 0.266 e. The SMILES string of the molecule is CC(=NNC(=O)c1sc2cc(C)ccc2c1Cl)c1cccc(Br)c1. The Hall–Kier alpha value is -1.69. The predicted octanol–water partition coefficient (Wildman–Crippen LogP) is 5.78. The third kappa shape index (κ3) is 3.53. The Morgan fingerprint density at radius 1 is 1.25 bits per heavy atom. The molecule has 0 atom stereocenters. The molecule has 0 fully saturated rings. The second kappa shape index (κ2) is 7.05. The van der Waals surface area contributed by atoms with Crippen molar-refractivity contribution < 1.29 is 4.79 Å². The number of nitrogens with one attached hydrogen (secondary N) is 1. The van der Waals surface area contributed by atoms with Crippen molar-refractivity contribution in [1.82, 2.24) is 5.43 Å². The summed E-state index contributed by atoms with van der Waals surface area (Å²) in [5.41, 5.74) is 5.38. The van der Waals surface area contributed by atoms with E-state index in [-0.39, 0.29) is 5.91 Å². The van der Waals surface area contributed by atoms with Crippen LogP contribution >= 0.6 is 38.9 Å². The maximum Gasteiger partial charge on any atom is 0.283 e. The Labute approximate surface area is 157 Å². The number of halogens is 2. The number of hydrogen-bond donors (Lipinski definition) is 1. The summed E-state index contributed by atoms with van der Waals surface area (Å²) in [4.78, 5) is 12.9. The number of benzene rings is 2. The van der Waals surface area contributed by atoms with E-state index in [1.807, 2.05) is 56.3 Å². The zero-order valence-electron chi connectivity index (χ0n) is 13.1. The number of thiophene rings is 1. The van der Waals surface area contributed by atoms with E-state index in [9.17, 15) is 4.79 Å². The Balaban J connectivity index is 1.85. The summed E-state index contributed by atoms with van der Waals surface area (Å²) < 4.78 is 1.96. The summed E-state index contributed by atoms with van der Waals surface area (Å²) >= 11 is 11.2. The summed E-state index contributed by atoms with van der Waals surface area (Å²) in [6.45, 7) is 3.86. The van der Waals surface area contributed by atoms with E-state index < -0.39 is 0 Å². The van der Waals surface area contributed by atoms with Crippen LogP contribution in [0, 0.1) is 6.92 Å². The van der Waals surface area contributed by atoms with E-state index in [2.05, 4.69) is 26.5 Å². The minimum absolute atomic E-state index is 0.298. The molecule has 6 heteroatoms. The first-order valence-corrected chi connectivity index (χ1v) is 9.23. The molecule has 24 heavy (non-hydrogen) atoms. The van der Waals surface area contributed by atoms with Gasteiger partial charge in [0.05, 0.1) is 10.7 Å². The van der Waals surface area contributed by atoms with Crippen LogP contribution in [0.3, 0.4) is 0 Å². The van der Waals surface area contributed by atoms with E-state index in [4.69, 9.17) is 11.6 Å². The van der Waals surface area contributed by atoms with Gasteiger partial charge in [0.2, 0.25) is 0 Å². The number of carbonyl (C=O) groups is 1. The summed E-state index contributed by atoms with van der Waals surface area (Å²) in [7, 11) is 0. The first-order chi connectivity index (χ1) is 11.5. The molecule has 1 aromatic heterocycles. The van der Waals surface area contributed by atoms with Gasteiger partial charge < -0.3 is 0 Å². The van der Waals surface area contributed by atoms with Gasteiger partial charge in [-0.1, -0.05) is 51.8 Å². The van der Waals surface area contributed by atoms with Gasteiger partial charge in [-0.05, 0) is 43.2 Å². The summed E-state index contributed by atoms with van der Waals surface area (Å²) in [5.74, 6) is -0.298. The fourth-order valence-corrected chi connectivity index (χ4v) is 4.19. The number of aryl methyl sites for hydroxylation is 1. The lowest BCUT2D eigenvalue weighted by atomic mass is 10.1. The first-order valence-electron chi connectivity index (χ1n) is 7.25. The third-order valence-corrected chi connectivity index (χ3v) is 5.71. The molecule has 3 rings (SSSR count). The predicted molar refractivity (Wildman–Crippen MR) is 105 cm³/mol. The van der Waals surface area contributed by atoms with Gasteiger partial charge in [0.15, 0.2) is 0 Å². The standard InChI is InChI=1S/C18H14BrClN2OS/c1-10-6-7-14-15(8-10)24-17(16(14)20)18(23)22-21-11(2)12-4-3-5-13(19)9-12/h3-9H,1-2H3,(H,22,23). The fourth-order valence-electron chi connectivity index (χ4n) is 2.28. The minimum Gasteiger partial charge on any atom is -0.266 e. The van der Waals surface area contributed by atoms with Gasteiger partial charge in [-0.3, -0.25) is 4.79 Å². The molecule has 0 aliphatic heterocycles. The van der Waals surface area contributed by atoms with Crippen molar-refractivity contribution in [1.29, 1.82) is 0 Å². The number of carbonyl (C=O) groups excluding carboxylic acids is 1. The summed E-state index contributed by atoms with van der Waals surface area (Å²) in [6.07, 6.45) is 0. The molecule has 0 aliphatic rings. The quantitative estimate of drug-likeness (QED) is 0.423. The Kier molecular flexibility index (Phi) is 5.04. The van der Waals surface area contributed by atoms with Crippen molar-refractivity contribution in [2.75, 3.05) is 0 Å². The van der Waals surface area contributed by atoms with Crippen LogP contribution < -0.4 is 5.43 Å². The largest absolute Gasteiger partial charge is 0.283 e. The van der Waals surface area contributed by atoms with E-state index in [0.29, 0.717) is 9.90 Å². The molecule has 0 radical (unpaired) electrons. The van der Waals surface area contributed by atoms with Gasteiger partial charge in [-0.25, -0.2) is 5.43 Å². The van der Waals surface area contributed by atoms with Crippen LogP contribution in [0.1, 0.15) is 27.7 Å². The van der Waals surface area contributed by atoms with Crippen molar-refractivity contribution in [3.05, 3.63) is 68.0 Å². The lowest BCUT2D eigenvalue weighted by Gasteiger charge is -2.03. The second-order valence-corrected chi connectivity index (χ2v) is 7.74. The van der Waals surface area contributed by atoms with Crippen molar-refractivity contribution in [3.63, 3.8) is 0 Å². The lowest BCUT2D eigenvalue weighted by molar-refractivity contribution is 0.0959. The molecule has 0 bridgehead atoms. The van der Waals surface area contributed by atoms with Crippen molar-refractivity contribution >= 4 is 60.6 Å². The molecule has 0 saturated carbocycles. The first kappa shape index (κ1) is 17.1. The fraction of sp³-hybridized carbons (Fsp3) is 0.111. The zero-order valence-corrected chi connectivity index (χ0v) is 16.2. The van der Waals surface area contributed by atoms with Crippen molar-refractivity contribution in [2.24, 2.45) is 5.10 Å². The molecule has 0 aliphatic carbocycles. The second-order valence-electron chi connectivity index (χ2n) is 5.39. The minimum atomic E-state index is -0.298. The number of amides is 1. The highest BCUT2D eigenvalue weighted by molar-refractivity contribution is 9.10. The monoisotopic (exact) mass is 420 g/mol. The molecule has 1 heterocycles. The highest BCUT2D eigenvalue weighted by Crippen LogP contribution is 2.35. The van der Waals surface area contributed by atoms with E-state index in [0.717, 1.165) is 31.4 Å². The van der Waals surface area contributed by atoms with Gasteiger partial charge in [0.1, 0.15) is 4.88 Å². The Morgan fingerprint density at radius 2 is 2.04 bits per heavy atom. The molecule has 3 nitrogen and oxygen atoms in total. The Bertz CT molecular complexity index is 965. The normalized spacial score (nSPS) is 11.8. The molecule has 1 N–H and O–H groups in total. The molecule has 0 spiro atoms. The number of hydrogen-bond acceptors (Lipinski definition) is 3. The van der Waals surface area contributed by atoms with Crippen LogP contribution in [-0.2, 0) is 0 Å². The molecule has 0 unspecified atom stereocenters. The number of hydrazone groups is 1. The average molecular weight is 422 g/mol. The van der Waals surface area contributed by atoms with Gasteiger partial charge in [0, 0.05) is 14.6 Å². The maximum absolute atomic E-state index is 12.4. The van der Waals surface area contributed by atoms with Crippen molar-refractivity contribution in [3.8, 4) is 0 Å². The summed E-state index contributed by atoms with van der Waals surface area (Å²) in [5, 5.41) is 5.55.